The molecule has 0 spiro atoms. The van der Waals surface area contributed by atoms with E-state index in [2.05, 4.69) is 39.0 Å². The fourth-order valence-electron chi connectivity index (χ4n) is 2.24. The number of hydrogen-bond donors (Lipinski definition) is 1. The lowest BCUT2D eigenvalue weighted by Crippen LogP contribution is -2.11. The third-order valence-corrected chi connectivity index (χ3v) is 3.60. The first kappa shape index (κ1) is 15.8. The average molecular weight is 297 g/mol. The van der Waals surface area contributed by atoms with Crippen molar-refractivity contribution in [2.45, 2.75) is 38.5 Å². The van der Waals surface area contributed by atoms with Gasteiger partial charge in [-0.1, -0.05) is 45.0 Å². The molecular formula is C18H19NO3. The van der Waals surface area contributed by atoms with Crippen LogP contribution < -0.4 is 0 Å². The second kappa shape index (κ2) is 6.07. The molecule has 4 heteroatoms. The van der Waals surface area contributed by atoms with Gasteiger partial charge in [-0.05, 0) is 35.1 Å². The predicted molar refractivity (Wildman–Crippen MR) is 82.9 cm³/mol. The minimum absolute atomic E-state index is 0.0879. The summed E-state index contributed by atoms with van der Waals surface area (Å²) in [6.45, 7) is 6.45. The van der Waals surface area contributed by atoms with Crippen molar-refractivity contribution in [2.24, 2.45) is 0 Å². The maximum atomic E-state index is 10.8. The second-order valence-electron chi connectivity index (χ2n) is 6.34. The molecule has 0 aliphatic heterocycles. The summed E-state index contributed by atoms with van der Waals surface area (Å²) in [4.78, 5) is 10.8. The first-order valence-electron chi connectivity index (χ1n) is 7.13. The summed E-state index contributed by atoms with van der Waals surface area (Å²) >= 11 is 0. The van der Waals surface area contributed by atoms with Gasteiger partial charge in [0.2, 0.25) is 5.76 Å². The van der Waals surface area contributed by atoms with Gasteiger partial charge in [-0.25, -0.2) is 4.79 Å². The quantitative estimate of drug-likeness (QED) is 0.921. The number of carboxylic acid groups (broad SMARTS) is 1. The fraction of sp³-hybridized carbons (Fsp3) is 0.333. The molecule has 0 saturated carbocycles. The van der Waals surface area contributed by atoms with Gasteiger partial charge in [0.15, 0.2) is 0 Å². The molecule has 0 aliphatic carbocycles. The Morgan fingerprint density at radius 2 is 1.86 bits per heavy atom. The van der Waals surface area contributed by atoms with Gasteiger partial charge in [0, 0.05) is 0 Å². The number of furan rings is 1. The molecule has 1 atom stereocenters. The van der Waals surface area contributed by atoms with Crippen LogP contribution in [0.25, 0.3) is 0 Å². The molecule has 1 N–H and O–H groups in total. The van der Waals surface area contributed by atoms with E-state index in [1.54, 1.807) is 6.07 Å². The number of carboxylic acids is 1. The standard InChI is InChI=1S/C18H19NO3/c1-18(2,3)14-6-4-12(5-7-14)10-13(11-19)15-8-9-16(22-15)17(20)21/h4-9,13H,10H2,1-3H3,(H,20,21). The number of nitriles is 1. The first-order valence-corrected chi connectivity index (χ1v) is 7.13. The summed E-state index contributed by atoms with van der Waals surface area (Å²) in [6, 6.07) is 13.3. The molecule has 1 heterocycles. The van der Waals surface area contributed by atoms with Crippen molar-refractivity contribution in [2.75, 3.05) is 0 Å². The maximum Gasteiger partial charge on any atom is 0.371 e. The van der Waals surface area contributed by atoms with Crippen LogP contribution in [0.1, 0.15) is 54.1 Å². The molecule has 22 heavy (non-hydrogen) atoms. The van der Waals surface area contributed by atoms with Crippen LogP contribution in [0, 0.1) is 11.3 Å². The summed E-state index contributed by atoms with van der Waals surface area (Å²) in [7, 11) is 0. The number of rotatable bonds is 4. The number of hydrogen-bond acceptors (Lipinski definition) is 3. The molecule has 0 bridgehead atoms. The van der Waals surface area contributed by atoms with Crippen LogP contribution >= 0.6 is 0 Å². The van der Waals surface area contributed by atoms with Crippen molar-refractivity contribution in [3.05, 3.63) is 59.0 Å². The Labute approximate surface area is 130 Å². The average Bonchev–Trinajstić information content (AvgIpc) is 2.94. The summed E-state index contributed by atoms with van der Waals surface area (Å²) in [5, 5.41) is 18.2. The Kier molecular flexibility index (Phi) is 4.37. The highest BCUT2D eigenvalue weighted by Gasteiger charge is 2.19. The Balaban J connectivity index is 2.16. The van der Waals surface area contributed by atoms with E-state index in [0.717, 1.165) is 5.56 Å². The van der Waals surface area contributed by atoms with Crippen molar-refractivity contribution in [3.63, 3.8) is 0 Å². The monoisotopic (exact) mass is 297 g/mol. The van der Waals surface area contributed by atoms with E-state index in [1.165, 1.54) is 11.6 Å². The number of nitrogens with zero attached hydrogens (tertiary/aromatic N) is 1. The van der Waals surface area contributed by atoms with Crippen LogP contribution in [-0.4, -0.2) is 11.1 Å². The molecule has 4 nitrogen and oxygen atoms in total. The molecule has 114 valence electrons. The summed E-state index contributed by atoms with van der Waals surface area (Å²) in [6.07, 6.45) is 0.494. The largest absolute Gasteiger partial charge is 0.475 e. The van der Waals surface area contributed by atoms with Crippen LogP contribution in [0.15, 0.2) is 40.8 Å². The number of carbonyl (C=O) groups is 1. The number of benzene rings is 1. The van der Waals surface area contributed by atoms with E-state index < -0.39 is 11.9 Å². The van der Waals surface area contributed by atoms with Gasteiger partial charge < -0.3 is 9.52 Å². The molecule has 0 saturated heterocycles. The molecule has 1 aromatic heterocycles. The Morgan fingerprint density at radius 1 is 1.23 bits per heavy atom. The topological polar surface area (TPSA) is 74.2 Å². The highest BCUT2D eigenvalue weighted by atomic mass is 16.4. The zero-order valence-electron chi connectivity index (χ0n) is 13.0. The molecule has 1 aromatic carbocycles. The van der Waals surface area contributed by atoms with Gasteiger partial charge in [0.05, 0.1) is 6.07 Å². The molecule has 1 unspecified atom stereocenters. The lowest BCUT2D eigenvalue weighted by atomic mass is 9.86. The van der Waals surface area contributed by atoms with Crippen molar-refractivity contribution in [1.29, 1.82) is 5.26 Å². The molecule has 2 aromatic rings. The van der Waals surface area contributed by atoms with Gasteiger partial charge in [-0.15, -0.1) is 0 Å². The van der Waals surface area contributed by atoms with Gasteiger partial charge in [0.1, 0.15) is 11.7 Å². The molecule has 2 rings (SSSR count). The van der Waals surface area contributed by atoms with Gasteiger partial charge in [0.25, 0.3) is 0 Å². The van der Waals surface area contributed by atoms with E-state index in [-0.39, 0.29) is 11.2 Å². The van der Waals surface area contributed by atoms with E-state index in [1.807, 2.05) is 12.1 Å². The van der Waals surface area contributed by atoms with E-state index >= 15 is 0 Å². The summed E-state index contributed by atoms with van der Waals surface area (Å²) in [5.41, 5.74) is 2.34. The molecule has 0 radical (unpaired) electrons. The van der Waals surface area contributed by atoms with Crippen LogP contribution in [0.3, 0.4) is 0 Å². The Morgan fingerprint density at radius 3 is 2.32 bits per heavy atom. The van der Waals surface area contributed by atoms with Gasteiger partial charge in [-0.3, -0.25) is 0 Å². The highest BCUT2D eigenvalue weighted by molar-refractivity contribution is 5.84. The third kappa shape index (κ3) is 3.56. The number of aromatic carboxylic acids is 1. The second-order valence-corrected chi connectivity index (χ2v) is 6.34. The molecule has 0 fully saturated rings. The van der Waals surface area contributed by atoms with Crippen LogP contribution in [0.2, 0.25) is 0 Å². The van der Waals surface area contributed by atoms with Crippen molar-refractivity contribution in [3.8, 4) is 6.07 Å². The van der Waals surface area contributed by atoms with Crippen molar-refractivity contribution < 1.29 is 14.3 Å². The molecule has 0 aliphatic rings. The van der Waals surface area contributed by atoms with Gasteiger partial charge in [-0.2, -0.15) is 5.26 Å². The zero-order chi connectivity index (χ0) is 16.3. The summed E-state index contributed by atoms with van der Waals surface area (Å²) in [5.74, 6) is -1.37. The van der Waals surface area contributed by atoms with Crippen LogP contribution in [0.5, 0.6) is 0 Å². The lowest BCUT2D eigenvalue weighted by molar-refractivity contribution is 0.0660. The minimum Gasteiger partial charge on any atom is -0.475 e. The third-order valence-electron chi connectivity index (χ3n) is 3.60. The van der Waals surface area contributed by atoms with Crippen LogP contribution in [0.4, 0.5) is 0 Å². The fourth-order valence-corrected chi connectivity index (χ4v) is 2.24. The normalized spacial score (nSPS) is 12.6. The highest BCUT2D eigenvalue weighted by Crippen LogP contribution is 2.26. The van der Waals surface area contributed by atoms with E-state index in [0.29, 0.717) is 12.2 Å². The van der Waals surface area contributed by atoms with E-state index in [4.69, 9.17) is 9.52 Å². The van der Waals surface area contributed by atoms with Crippen molar-refractivity contribution >= 4 is 5.97 Å². The van der Waals surface area contributed by atoms with Gasteiger partial charge >= 0.3 is 5.97 Å². The smallest absolute Gasteiger partial charge is 0.371 e. The summed E-state index contributed by atoms with van der Waals surface area (Å²) < 4.78 is 5.23. The Bertz CT molecular complexity index is 699. The lowest BCUT2D eigenvalue weighted by Gasteiger charge is -2.19. The SMILES string of the molecule is CC(C)(C)c1ccc(CC(C#N)c2ccc(C(=O)O)o2)cc1. The first-order chi connectivity index (χ1) is 10.3. The van der Waals surface area contributed by atoms with E-state index in [9.17, 15) is 10.1 Å². The Hall–Kier alpha value is -2.54. The zero-order valence-corrected chi connectivity index (χ0v) is 13.0. The van der Waals surface area contributed by atoms with Crippen LogP contribution in [-0.2, 0) is 11.8 Å². The molecular weight excluding hydrogens is 278 g/mol. The minimum atomic E-state index is -1.13. The molecule has 0 amide bonds. The van der Waals surface area contributed by atoms with Crippen molar-refractivity contribution in [1.82, 2.24) is 0 Å². The maximum absolute atomic E-state index is 10.8. The predicted octanol–water partition coefficient (Wildman–Crippen LogP) is 4.13.